The predicted molar refractivity (Wildman–Crippen MR) is 119 cm³/mol. The molecule has 0 atom stereocenters. The van der Waals surface area contributed by atoms with Crippen LogP contribution in [0.5, 0.6) is 0 Å². The van der Waals surface area contributed by atoms with Crippen LogP contribution >= 0.6 is 11.3 Å². The van der Waals surface area contributed by atoms with E-state index in [1.165, 1.54) is 7.05 Å². The van der Waals surface area contributed by atoms with Crippen LogP contribution in [-0.4, -0.2) is 56.5 Å². The second kappa shape index (κ2) is 9.26. The first-order chi connectivity index (χ1) is 16.2. The molecule has 0 spiro atoms. The van der Waals surface area contributed by atoms with E-state index in [1.54, 1.807) is 24.3 Å². The van der Waals surface area contributed by atoms with Crippen molar-refractivity contribution in [1.29, 1.82) is 0 Å². The molecule has 2 amide bonds. The van der Waals surface area contributed by atoms with E-state index in [0.717, 1.165) is 30.4 Å². The van der Waals surface area contributed by atoms with Gasteiger partial charge in [0, 0.05) is 18.5 Å². The molecule has 0 aliphatic heterocycles. The van der Waals surface area contributed by atoms with Gasteiger partial charge in [0.25, 0.3) is 15.0 Å². The number of sulfone groups is 1. The number of aryl methyl sites for hydroxylation is 1. The van der Waals surface area contributed by atoms with Gasteiger partial charge in [0.15, 0.2) is 20.8 Å². The fourth-order valence-electron chi connectivity index (χ4n) is 3.67. The minimum atomic E-state index is -4.42. The van der Waals surface area contributed by atoms with Crippen LogP contribution in [0.3, 0.4) is 0 Å². The van der Waals surface area contributed by atoms with E-state index in [2.05, 4.69) is 31.1 Å². The smallest absolute Gasteiger partial charge is 0.356 e. The second-order valence-electron chi connectivity index (χ2n) is 7.52. The lowest BCUT2D eigenvalue weighted by Crippen LogP contribution is -2.22. The van der Waals surface area contributed by atoms with Crippen molar-refractivity contribution in [3.05, 3.63) is 35.5 Å². The third kappa shape index (κ3) is 4.51. The molecule has 1 aliphatic rings. The van der Waals surface area contributed by atoms with Crippen molar-refractivity contribution in [3.8, 4) is 0 Å². The highest BCUT2D eigenvalue weighted by Crippen LogP contribution is 2.32. The Hall–Kier alpha value is -3.72. The number of hydrogen-bond acceptors (Lipinski definition) is 10. The summed E-state index contributed by atoms with van der Waals surface area (Å²) in [6.45, 7) is 0. The van der Waals surface area contributed by atoms with Gasteiger partial charge in [-0.3, -0.25) is 10.1 Å². The number of Topliss-reactive ketones (excluding diaryl/α,β-unsaturated/α-hetero) is 1. The highest BCUT2D eigenvalue weighted by molar-refractivity contribution is 7.93. The van der Waals surface area contributed by atoms with Crippen molar-refractivity contribution in [1.82, 2.24) is 25.2 Å². The van der Waals surface area contributed by atoms with Gasteiger partial charge < -0.3 is 10.4 Å². The molecule has 0 saturated heterocycles. The molecule has 1 aromatic carbocycles. The number of amides is 2. The number of nitrogens with zero attached hydrogens (tertiary/aromatic N) is 5. The Morgan fingerprint density at radius 2 is 1.85 bits per heavy atom. The number of para-hydroxylation sites is 1. The molecule has 3 aromatic rings. The second-order valence-corrected chi connectivity index (χ2v) is 10.6. The third-order valence-corrected chi connectivity index (χ3v) is 8.43. The Balaban J connectivity index is 1.57. The van der Waals surface area contributed by atoms with E-state index in [9.17, 15) is 27.9 Å². The van der Waals surface area contributed by atoms with Crippen molar-refractivity contribution in [3.63, 3.8) is 0 Å². The van der Waals surface area contributed by atoms with E-state index >= 15 is 0 Å². The summed E-state index contributed by atoms with van der Waals surface area (Å²) >= 11 is 0.444. The molecule has 3 N–H and O–H groups in total. The molecule has 0 unspecified atom stereocenters. The number of aromatic nitrogens is 5. The minimum Gasteiger partial charge on any atom is -0.476 e. The number of ketones is 1. The average molecular weight is 506 g/mol. The molecule has 34 heavy (non-hydrogen) atoms. The van der Waals surface area contributed by atoms with Gasteiger partial charge in [0.05, 0.1) is 5.69 Å². The van der Waals surface area contributed by atoms with Crippen LogP contribution in [-0.2, 0) is 16.9 Å². The molecule has 1 fully saturated rings. The van der Waals surface area contributed by atoms with Crippen LogP contribution in [0.15, 0.2) is 33.6 Å². The summed E-state index contributed by atoms with van der Waals surface area (Å²) in [5.41, 5.74) is -0.127. The van der Waals surface area contributed by atoms with Gasteiger partial charge in [0.1, 0.15) is 0 Å². The molecule has 1 aliphatic carbocycles. The summed E-state index contributed by atoms with van der Waals surface area (Å²) in [5, 5.41) is 23.6. The predicted octanol–water partition coefficient (Wildman–Crippen LogP) is 2.21. The van der Waals surface area contributed by atoms with Crippen LogP contribution in [0.1, 0.15) is 46.5 Å². The number of carbonyl (C=O) groups excluding carboxylic acids is 2. The Morgan fingerprint density at radius 1 is 1.15 bits per heavy atom. The van der Waals surface area contributed by atoms with Gasteiger partial charge in [-0.2, -0.15) is 0 Å². The summed E-state index contributed by atoms with van der Waals surface area (Å²) in [6.07, 6.45) is 3.57. The van der Waals surface area contributed by atoms with E-state index in [-0.39, 0.29) is 22.5 Å². The van der Waals surface area contributed by atoms with E-state index < -0.39 is 36.9 Å². The van der Waals surface area contributed by atoms with E-state index in [1.807, 2.05) is 0 Å². The molecule has 178 valence electrons. The topological polar surface area (TPSA) is 186 Å². The number of rotatable bonds is 7. The number of carboxylic acid groups (broad SMARTS) is 1. The van der Waals surface area contributed by atoms with E-state index in [4.69, 9.17) is 0 Å². The minimum absolute atomic E-state index is 0.0542. The Kier molecular flexibility index (Phi) is 6.39. The number of carbonyl (C=O) groups is 3. The molecular formula is C19H19N7O6S2. The molecule has 2 heterocycles. The SMILES string of the molecule is Cn1nnnc1S(=O)(=O)c1sc(NC(=O)Nc2ccccc2C(=O)C2CCCC2)nc1C(=O)O. The maximum atomic E-state index is 12.9. The Bertz CT molecular complexity index is 1380. The van der Waals surface area contributed by atoms with E-state index in [0.29, 0.717) is 16.9 Å². The fourth-order valence-corrected chi connectivity index (χ4v) is 6.34. The molecule has 13 nitrogen and oxygen atoms in total. The van der Waals surface area contributed by atoms with Crippen LogP contribution in [0.25, 0.3) is 0 Å². The van der Waals surface area contributed by atoms with Crippen LogP contribution in [0.2, 0.25) is 0 Å². The molecule has 1 saturated carbocycles. The standard InChI is InChI=1S/C19H19N7O6S2/c1-26-19(23-24-25-26)34(31,32)16-13(15(28)29)21-18(33-16)22-17(30)20-12-9-5-4-8-11(12)14(27)10-6-2-3-7-10/h4-5,8-10H,2-3,6-7H2,1H3,(H,28,29)(H2,20,21,22,30). The number of carboxylic acids is 1. The van der Waals surface area contributed by atoms with Gasteiger partial charge in [-0.25, -0.2) is 27.7 Å². The van der Waals surface area contributed by atoms with Gasteiger partial charge in [-0.05, 0) is 35.4 Å². The van der Waals surface area contributed by atoms with Crippen molar-refractivity contribution in [2.45, 2.75) is 35.0 Å². The molecular weight excluding hydrogens is 486 g/mol. The number of urea groups is 1. The summed E-state index contributed by atoms with van der Waals surface area (Å²) in [4.78, 5) is 40.8. The molecule has 4 rings (SSSR count). The van der Waals surface area contributed by atoms with Crippen LogP contribution in [0, 0.1) is 5.92 Å². The van der Waals surface area contributed by atoms with Crippen molar-refractivity contribution >= 4 is 49.8 Å². The van der Waals surface area contributed by atoms with Gasteiger partial charge in [-0.15, -0.1) is 0 Å². The zero-order valence-corrected chi connectivity index (χ0v) is 19.4. The van der Waals surface area contributed by atoms with Gasteiger partial charge in [-0.1, -0.05) is 41.4 Å². The van der Waals surface area contributed by atoms with Crippen molar-refractivity contribution in [2.75, 3.05) is 10.6 Å². The highest BCUT2D eigenvalue weighted by Gasteiger charge is 2.34. The quantitative estimate of drug-likeness (QED) is 0.402. The molecule has 2 aromatic heterocycles. The fraction of sp³-hybridized carbons (Fsp3) is 0.316. The zero-order chi connectivity index (χ0) is 24.5. The Labute approximate surface area is 197 Å². The summed E-state index contributed by atoms with van der Waals surface area (Å²) < 4.78 is 25.9. The number of benzene rings is 1. The normalized spacial score (nSPS) is 14.1. The molecule has 0 bridgehead atoms. The number of thiazole rings is 1. The third-order valence-electron chi connectivity index (χ3n) is 5.25. The summed E-state index contributed by atoms with van der Waals surface area (Å²) in [7, 11) is -3.13. The number of anilines is 2. The van der Waals surface area contributed by atoms with Crippen LogP contribution in [0.4, 0.5) is 15.6 Å². The number of tetrazole rings is 1. The maximum Gasteiger partial charge on any atom is 0.356 e. The number of aromatic carboxylic acids is 1. The molecule has 0 radical (unpaired) electrons. The lowest BCUT2D eigenvalue weighted by molar-refractivity contribution is 0.0687. The lowest BCUT2D eigenvalue weighted by atomic mass is 9.95. The maximum absolute atomic E-state index is 12.9. The monoisotopic (exact) mass is 505 g/mol. The first-order valence-electron chi connectivity index (χ1n) is 10.1. The first kappa shape index (κ1) is 23.4. The first-order valence-corrected chi connectivity index (χ1v) is 12.4. The Morgan fingerprint density at radius 3 is 2.50 bits per heavy atom. The number of hydrogen-bond donors (Lipinski definition) is 3. The van der Waals surface area contributed by atoms with Gasteiger partial charge >= 0.3 is 12.0 Å². The molecule has 15 heteroatoms. The summed E-state index contributed by atoms with van der Waals surface area (Å²) in [5.74, 6) is -1.75. The van der Waals surface area contributed by atoms with Crippen LogP contribution < -0.4 is 10.6 Å². The van der Waals surface area contributed by atoms with Crippen molar-refractivity contribution in [2.24, 2.45) is 13.0 Å². The lowest BCUT2D eigenvalue weighted by Gasteiger charge is -2.13. The van der Waals surface area contributed by atoms with Gasteiger partial charge in [0.2, 0.25) is 0 Å². The van der Waals surface area contributed by atoms with Crippen molar-refractivity contribution < 1.29 is 27.9 Å². The largest absolute Gasteiger partial charge is 0.476 e. The average Bonchev–Trinajstić information content (AvgIpc) is 3.54. The highest BCUT2D eigenvalue weighted by atomic mass is 32.2. The zero-order valence-electron chi connectivity index (χ0n) is 17.8. The summed E-state index contributed by atoms with van der Waals surface area (Å²) in [6, 6.07) is 5.74. The number of nitrogens with one attached hydrogen (secondary N) is 2.